The lowest BCUT2D eigenvalue weighted by Gasteiger charge is -2.10. The lowest BCUT2D eigenvalue weighted by atomic mass is 10.1. The van der Waals surface area contributed by atoms with Crippen LogP contribution in [-0.2, 0) is 11.2 Å². The Labute approximate surface area is 172 Å². The van der Waals surface area contributed by atoms with Crippen molar-refractivity contribution in [3.8, 4) is 5.75 Å². The minimum atomic E-state index is -0.294. The van der Waals surface area contributed by atoms with Gasteiger partial charge in [0.2, 0.25) is 11.0 Å². The van der Waals surface area contributed by atoms with Gasteiger partial charge in [-0.2, -0.15) is 0 Å². The summed E-state index contributed by atoms with van der Waals surface area (Å²) in [5.41, 5.74) is 2.86. The number of carbonyl (C=O) groups excluding carboxylic acids is 1. The molecule has 28 heavy (non-hydrogen) atoms. The largest absolute Gasteiger partial charge is 0.495 e. The maximum absolute atomic E-state index is 12.4. The minimum Gasteiger partial charge on any atom is -0.495 e. The number of aryl methyl sites for hydroxylation is 1. The number of thioether (sulfide) groups is 1. The van der Waals surface area contributed by atoms with Crippen LogP contribution >= 0.6 is 23.1 Å². The summed E-state index contributed by atoms with van der Waals surface area (Å²) in [5, 5.41) is 14.8. The Bertz CT molecular complexity index is 928. The molecule has 0 aliphatic heterocycles. The molecule has 1 heterocycles. The molecule has 2 N–H and O–H groups in total. The second-order valence-corrected chi connectivity index (χ2v) is 8.56. The number of nitrogens with zero attached hydrogens (tertiary/aromatic N) is 2. The normalized spacial score (nSPS) is 11.7. The first-order valence-electron chi connectivity index (χ1n) is 8.89. The summed E-state index contributed by atoms with van der Waals surface area (Å²) in [4.78, 5) is 12.4. The van der Waals surface area contributed by atoms with Gasteiger partial charge in [-0.3, -0.25) is 4.79 Å². The van der Waals surface area contributed by atoms with E-state index in [2.05, 4.69) is 27.8 Å². The molecule has 0 fully saturated rings. The zero-order valence-electron chi connectivity index (χ0n) is 15.9. The molecule has 6 nitrogen and oxygen atoms in total. The minimum absolute atomic E-state index is 0.0660. The number of rotatable bonds is 8. The number of anilines is 3. The fourth-order valence-corrected chi connectivity index (χ4v) is 4.35. The summed E-state index contributed by atoms with van der Waals surface area (Å²) >= 11 is 2.78. The van der Waals surface area contributed by atoms with Crippen LogP contribution in [0.2, 0.25) is 0 Å². The number of hydrogen-bond donors (Lipinski definition) is 2. The maximum atomic E-state index is 12.4. The number of amides is 1. The van der Waals surface area contributed by atoms with Crippen LogP contribution < -0.4 is 15.4 Å². The van der Waals surface area contributed by atoms with E-state index in [0.29, 0.717) is 5.13 Å². The Kier molecular flexibility index (Phi) is 6.89. The molecule has 8 heteroatoms. The third kappa shape index (κ3) is 5.24. The van der Waals surface area contributed by atoms with Crippen LogP contribution in [0.4, 0.5) is 16.5 Å². The van der Waals surface area contributed by atoms with Crippen molar-refractivity contribution in [3.05, 3.63) is 54.1 Å². The van der Waals surface area contributed by atoms with Crippen LogP contribution in [0.3, 0.4) is 0 Å². The predicted molar refractivity (Wildman–Crippen MR) is 116 cm³/mol. The van der Waals surface area contributed by atoms with E-state index in [4.69, 9.17) is 4.74 Å². The van der Waals surface area contributed by atoms with Gasteiger partial charge in [0, 0.05) is 5.69 Å². The number of carbonyl (C=O) groups is 1. The molecule has 0 aliphatic carbocycles. The molecule has 0 spiro atoms. The molecule has 1 atom stereocenters. The number of hydrogen-bond acceptors (Lipinski definition) is 7. The van der Waals surface area contributed by atoms with Gasteiger partial charge in [0.05, 0.1) is 18.0 Å². The van der Waals surface area contributed by atoms with Crippen LogP contribution in [0.1, 0.15) is 19.4 Å². The number of nitrogens with one attached hydrogen (secondary N) is 2. The van der Waals surface area contributed by atoms with Gasteiger partial charge in [-0.25, -0.2) is 0 Å². The number of methoxy groups -OCH3 is 1. The molecule has 1 aromatic heterocycles. The van der Waals surface area contributed by atoms with Crippen molar-refractivity contribution in [2.24, 2.45) is 0 Å². The first kappa shape index (κ1) is 20.2. The monoisotopic (exact) mass is 414 g/mol. The van der Waals surface area contributed by atoms with E-state index in [1.165, 1.54) is 28.7 Å². The molecular weight excluding hydrogens is 392 g/mol. The quantitative estimate of drug-likeness (QED) is 0.507. The van der Waals surface area contributed by atoms with Crippen molar-refractivity contribution in [3.63, 3.8) is 0 Å². The Hall–Kier alpha value is -2.58. The number of aromatic nitrogens is 2. The van der Waals surface area contributed by atoms with Crippen LogP contribution in [0.25, 0.3) is 0 Å². The molecule has 1 amide bonds. The third-order valence-electron chi connectivity index (χ3n) is 4.03. The molecule has 2 aromatic carbocycles. The average Bonchev–Trinajstić information content (AvgIpc) is 3.15. The molecule has 0 saturated carbocycles. The molecule has 0 saturated heterocycles. The lowest BCUT2D eigenvalue weighted by molar-refractivity contribution is -0.115. The van der Waals surface area contributed by atoms with E-state index in [0.717, 1.165) is 27.9 Å². The highest BCUT2D eigenvalue weighted by Gasteiger charge is 2.18. The summed E-state index contributed by atoms with van der Waals surface area (Å²) in [5.74, 6) is 0.664. The molecule has 0 unspecified atom stereocenters. The van der Waals surface area contributed by atoms with Crippen LogP contribution in [0, 0.1) is 0 Å². The fraction of sp³-hybridized carbons (Fsp3) is 0.250. The van der Waals surface area contributed by atoms with E-state index in [9.17, 15) is 4.79 Å². The van der Waals surface area contributed by atoms with Gasteiger partial charge in [-0.15, -0.1) is 10.2 Å². The van der Waals surface area contributed by atoms with Gasteiger partial charge >= 0.3 is 0 Å². The van der Waals surface area contributed by atoms with Crippen molar-refractivity contribution in [1.29, 1.82) is 0 Å². The summed E-state index contributed by atoms with van der Waals surface area (Å²) in [6.07, 6.45) is 0.975. The Morgan fingerprint density at radius 2 is 1.93 bits per heavy atom. The highest BCUT2D eigenvalue weighted by atomic mass is 32.2. The second-order valence-electron chi connectivity index (χ2n) is 6.00. The topological polar surface area (TPSA) is 76.1 Å². The third-order valence-corrected chi connectivity index (χ3v) is 6.05. The van der Waals surface area contributed by atoms with E-state index in [1.807, 2.05) is 55.5 Å². The van der Waals surface area contributed by atoms with Crippen molar-refractivity contribution < 1.29 is 9.53 Å². The molecule has 0 aliphatic rings. The van der Waals surface area contributed by atoms with Crippen LogP contribution in [0.5, 0.6) is 5.75 Å². The summed E-state index contributed by atoms with van der Waals surface area (Å²) in [6.45, 7) is 3.96. The lowest BCUT2D eigenvalue weighted by Crippen LogP contribution is -2.22. The van der Waals surface area contributed by atoms with Crippen LogP contribution in [-0.4, -0.2) is 28.5 Å². The van der Waals surface area contributed by atoms with Gasteiger partial charge < -0.3 is 15.4 Å². The summed E-state index contributed by atoms with van der Waals surface area (Å²) in [6, 6.07) is 15.5. The van der Waals surface area contributed by atoms with Crippen molar-refractivity contribution >= 4 is 45.5 Å². The van der Waals surface area contributed by atoms with Gasteiger partial charge in [-0.05, 0) is 43.2 Å². The zero-order valence-corrected chi connectivity index (χ0v) is 17.6. The number of ether oxygens (including phenoxy) is 1. The van der Waals surface area contributed by atoms with E-state index in [1.54, 1.807) is 7.11 Å². The second kappa shape index (κ2) is 9.57. The van der Waals surface area contributed by atoms with Gasteiger partial charge in [0.25, 0.3) is 0 Å². The fourth-order valence-electron chi connectivity index (χ4n) is 2.44. The van der Waals surface area contributed by atoms with E-state index in [-0.39, 0.29) is 11.2 Å². The molecule has 0 bridgehead atoms. The molecular formula is C20H22N4O2S2. The Balaban J connectivity index is 1.58. The first-order valence-corrected chi connectivity index (χ1v) is 10.6. The zero-order chi connectivity index (χ0) is 19.9. The Morgan fingerprint density at radius 3 is 2.64 bits per heavy atom. The standard InChI is InChI=1S/C20H22N4O2S2/c1-4-14-9-11-15(12-10-14)21-18(25)13(2)27-20-24-23-19(28-20)22-16-7-5-6-8-17(16)26-3/h5-13H,4H2,1-3H3,(H,21,25)(H,22,23)/t13-/m0/s1. The smallest absolute Gasteiger partial charge is 0.237 e. The van der Waals surface area contributed by atoms with Crippen molar-refractivity contribution in [2.45, 2.75) is 29.9 Å². The maximum Gasteiger partial charge on any atom is 0.237 e. The summed E-state index contributed by atoms with van der Waals surface area (Å²) in [7, 11) is 1.62. The predicted octanol–water partition coefficient (Wildman–Crippen LogP) is 4.97. The van der Waals surface area contributed by atoms with Gasteiger partial charge in [-0.1, -0.05) is 54.3 Å². The highest BCUT2D eigenvalue weighted by Crippen LogP contribution is 2.33. The molecule has 3 aromatic rings. The summed E-state index contributed by atoms with van der Waals surface area (Å²) < 4.78 is 6.05. The molecule has 0 radical (unpaired) electrons. The molecule has 146 valence electrons. The van der Waals surface area contributed by atoms with Gasteiger partial charge in [0.1, 0.15) is 5.75 Å². The van der Waals surface area contributed by atoms with Crippen LogP contribution in [0.15, 0.2) is 52.9 Å². The SMILES string of the molecule is CCc1ccc(NC(=O)[C@H](C)Sc2nnc(Nc3ccccc3OC)s2)cc1. The first-order chi connectivity index (χ1) is 13.6. The molecule has 3 rings (SSSR count). The van der Waals surface area contributed by atoms with Gasteiger partial charge in [0.15, 0.2) is 4.34 Å². The number of benzene rings is 2. The van der Waals surface area contributed by atoms with E-state index < -0.39 is 0 Å². The number of para-hydroxylation sites is 2. The van der Waals surface area contributed by atoms with Crippen molar-refractivity contribution in [2.75, 3.05) is 17.7 Å². The average molecular weight is 415 g/mol. The van der Waals surface area contributed by atoms with Crippen molar-refractivity contribution in [1.82, 2.24) is 10.2 Å². The Morgan fingerprint density at radius 1 is 1.18 bits per heavy atom. The van der Waals surface area contributed by atoms with E-state index >= 15 is 0 Å². The highest BCUT2D eigenvalue weighted by molar-refractivity contribution is 8.02.